The van der Waals surface area contributed by atoms with E-state index in [0.717, 1.165) is 26.9 Å². The van der Waals surface area contributed by atoms with Gasteiger partial charge in [0.05, 0.1) is 5.69 Å². The second-order valence-corrected chi connectivity index (χ2v) is 5.00. The zero-order valence-corrected chi connectivity index (χ0v) is 10.5. The molecule has 0 saturated carbocycles. The summed E-state index contributed by atoms with van der Waals surface area (Å²) < 4.78 is 0.975. The summed E-state index contributed by atoms with van der Waals surface area (Å²) in [6.07, 6.45) is 0. The van der Waals surface area contributed by atoms with Gasteiger partial charge < -0.3 is 10.8 Å². The van der Waals surface area contributed by atoms with Gasteiger partial charge in [-0.1, -0.05) is 28.1 Å². The molecule has 82 valence electrons. The Hall–Kier alpha value is -1.33. The van der Waals surface area contributed by atoms with Crippen molar-refractivity contribution in [2.75, 3.05) is 5.73 Å². The van der Waals surface area contributed by atoms with Gasteiger partial charge in [-0.05, 0) is 17.7 Å². The van der Waals surface area contributed by atoms with E-state index in [-0.39, 0.29) is 4.88 Å². The largest absolute Gasteiger partial charge is 0.477 e. The first-order valence-corrected chi connectivity index (χ1v) is 6.13. The normalized spacial score (nSPS) is 10.3. The van der Waals surface area contributed by atoms with Gasteiger partial charge in [-0.3, -0.25) is 0 Å². The van der Waals surface area contributed by atoms with Crippen LogP contribution in [0.3, 0.4) is 0 Å². The lowest BCUT2D eigenvalue weighted by molar-refractivity contribution is 0.0703. The molecule has 1 aromatic carbocycles. The molecule has 0 atom stereocenters. The summed E-state index contributed by atoms with van der Waals surface area (Å²) in [6.45, 7) is 0. The molecular formula is C11H8BrNO2S. The quantitative estimate of drug-likeness (QED) is 0.892. The van der Waals surface area contributed by atoms with Gasteiger partial charge >= 0.3 is 5.97 Å². The molecule has 0 amide bonds. The lowest BCUT2D eigenvalue weighted by Crippen LogP contribution is -1.98. The average molecular weight is 298 g/mol. The molecule has 5 heteroatoms. The van der Waals surface area contributed by atoms with Crippen LogP contribution in [0.5, 0.6) is 0 Å². The Morgan fingerprint density at radius 2 is 1.94 bits per heavy atom. The number of carbonyl (C=O) groups is 1. The van der Waals surface area contributed by atoms with Gasteiger partial charge in [0.15, 0.2) is 0 Å². The van der Waals surface area contributed by atoms with Crippen molar-refractivity contribution in [3.63, 3.8) is 0 Å². The van der Waals surface area contributed by atoms with Crippen molar-refractivity contribution >= 4 is 38.9 Å². The predicted octanol–water partition coefficient (Wildman–Crippen LogP) is 3.46. The number of rotatable bonds is 2. The Morgan fingerprint density at radius 1 is 1.31 bits per heavy atom. The number of thiophene rings is 1. The molecule has 16 heavy (non-hydrogen) atoms. The summed E-state index contributed by atoms with van der Waals surface area (Å²) in [5.41, 5.74) is 7.82. The zero-order chi connectivity index (χ0) is 11.7. The second-order valence-electron chi connectivity index (χ2n) is 3.20. The molecule has 1 heterocycles. The fourth-order valence-corrected chi connectivity index (χ4v) is 2.49. The molecule has 2 rings (SSSR count). The highest BCUT2D eigenvalue weighted by molar-refractivity contribution is 9.10. The standard InChI is InChI=1S/C11H8BrNO2S/c12-7-3-1-6(2-4-7)8-5-16-10(9(8)13)11(14)15/h1-5H,13H2,(H,14,15). The lowest BCUT2D eigenvalue weighted by atomic mass is 10.1. The number of halogens is 1. The van der Waals surface area contributed by atoms with Crippen LogP contribution in [0.1, 0.15) is 9.67 Å². The van der Waals surface area contributed by atoms with Crippen molar-refractivity contribution in [1.82, 2.24) is 0 Å². The zero-order valence-electron chi connectivity index (χ0n) is 8.11. The van der Waals surface area contributed by atoms with Gasteiger partial charge in [-0.2, -0.15) is 0 Å². The minimum Gasteiger partial charge on any atom is -0.477 e. The van der Waals surface area contributed by atoms with E-state index in [2.05, 4.69) is 15.9 Å². The molecule has 2 aromatic rings. The Bertz CT molecular complexity index is 533. The maximum atomic E-state index is 10.8. The Morgan fingerprint density at radius 3 is 2.44 bits per heavy atom. The van der Waals surface area contributed by atoms with Gasteiger partial charge in [0.2, 0.25) is 0 Å². The Kier molecular flexibility index (Phi) is 2.98. The molecular weight excluding hydrogens is 290 g/mol. The molecule has 0 fully saturated rings. The third-order valence-electron chi connectivity index (χ3n) is 2.18. The number of hydrogen-bond acceptors (Lipinski definition) is 3. The molecule has 0 aliphatic heterocycles. The number of nitrogen functional groups attached to an aromatic ring is 1. The fraction of sp³-hybridized carbons (Fsp3) is 0. The van der Waals surface area contributed by atoms with Crippen LogP contribution in [0.15, 0.2) is 34.1 Å². The van der Waals surface area contributed by atoms with E-state index in [1.54, 1.807) is 5.38 Å². The molecule has 0 bridgehead atoms. The van der Waals surface area contributed by atoms with Crippen molar-refractivity contribution in [3.8, 4) is 11.1 Å². The highest BCUT2D eigenvalue weighted by atomic mass is 79.9. The summed E-state index contributed by atoms with van der Waals surface area (Å²) >= 11 is 4.49. The van der Waals surface area contributed by atoms with Gasteiger partial charge in [-0.25, -0.2) is 4.79 Å². The third-order valence-corrected chi connectivity index (χ3v) is 3.69. The van der Waals surface area contributed by atoms with Crippen LogP contribution in [-0.4, -0.2) is 11.1 Å². The highest BCUT2D eigenvalue weighted by Gasteiger charge is 2.15. The highest BCUT2D eigenvalue weighted by Crippen LogP contribution is 2.34. The molecule has 3 nitrogen and oxygen atoms in total. The van der Waals surface area contributed by atoms with Gasteiger partial charge in [0.25, 0.3) is 0 Å². The van der Waals surface area contributed by atoms with E-state index in [4.69, 9.17) is 10.8 Å². The molecule has 0 aliphatic rings. The van der Waals surface area contributed by atoms with Crippen LogP contribution in [0.25, 0.3) is 11.1 Å². The smallest absolute Gasteiger partial charge is 0.348 e. The van der Waals surface area contributed by atoms with Gasteiger partial charge in [0, 0.05) is 15.4 Å². The van der Waals surface area contributed by atoms with E-state index < -0.39 is 5.97 Å². The van der Waals surface area contributed by atoms with Crippen molar-refractivity contribution in [2.45, 2.75) is 0 Å². The summed E-state index contributed by atoms with van der Waals surface area (Å²) in [4.78, 5) is 11.0. The number of carboxylic acids is 1. The first kappa shape index (κ1) is 11.2. The monoisotopic (exact) mass is 297 g/mol. The van der Waals surface area contributed by atoms with Crippen molar-refractivity contribution in [1.29, 1.82) is 0 Å². The number of carboxylic acid groups (broad SMARTS) is 1. The SMILES string of the molecule is Nc1c(-c2ccc(Br)cc2)csc1C(=O)O. The van der Waals surface area contributed by atoms with Gasteiger partial charge in [-0.15, -0.1) is 11.3 Å². The molecule has 1 aromatic heterocycles. The number of benzene rings is 1. The fourth-order valence-electron chi connectivity index (χ4n) is 1.39. The Balaban J connectivity index is 2.49. The minimum atomic E-state index is -0.981. The molecule has 0 saturated heterocycles. The van der Waals surface area contributed by atoms with Crippen LogP contribution in [0.2, 0.25) is 0 Å². The lowest BCUT2D eigenvalue weighted by Gasteiger charge is -2.00. The topological polar surface area (TPSA) is 63.3 Å². The van der Waals surface area contributed by atoms with E-state index in [9.17, 15) is 4.79 Å². The maximum absolute atomic E-state index is 10.8. The van der Waals surface area contributed by atoms with E-state index in [0.29, 0.717) is 5.69 Å². The second kappa shape index (κ2) is 4.27. The summed E-state index contributed by atoms with van der Waals surface area (Å²) in [6, 6.07) is 7.59. The van der Waals surface area contributed by atoms with Crippen LogP contribution in [0.4, 0.5) is 5.69 Å². The number of hydrogen-bond donors (Lipinski definition) is 2. The third kappa shape index (κ3) is 1.96. The van der Waals surface area contributed by atoms with Crippen molar-refractivity contribution < 1.29 is 9.90 Å². The summed E-state index contributed by atoms with van der Waals surface area (Å²) in [5, 5.41) is 10.7. The van der Waals surface area contributed by atoms with Crippen molar-refractivity contribution in [2.24, 2.45) is 0 Å². The summed E-state index contributed by atoms with van der Waals surface area (Å²) in [5.74, 6) is -0.981. The summed E-state index contributed by atoms with van der Waals surface area (Å²) in [7, 11) is 0. The van der Waals surface area contributed by atoms with E-state index in [1.165, 1.54) is 0 Å². The number of anilines is 1. The van der Waals surface area contributed by atoms with Crippen LogP contribution in [-0.2, 0) is 0 Å². The maximum Gasteiger partial charge on any atom is 0.348 e. The van der Waals surface area contributed by atoms with E-state index in [1.807, 2.05) is 24.3 Å². The minimum absolute atomic E-state index is 0.193. The van der Waals surface area contributed by atoms with Crippen molar-refractivity contribution in [3.05, 3.63) is 39.0 Å². The number of aromatic carboxylic acids is 1. The molecule has 0 unspecified atom stereocenters. The Labute approximate surface area is 105 Å². The van der Waals surface area contributed by atoms with E-state index >= 15 is 0 Å². The average Bonchev–Trinajstić information content (AvgIpc) is 2.61. The molecule has 3 N–H and O–H groups in total. The molecule has 0 aliphatic carbocycles. The first-order valence-electron chi connectivity index (χ1n) is 4.46. The first-order chi connectivity index (χ1) is 7.59. The van der Waals surface area contributed by atoms with Gasteiger partial charge in [0.1, 0.15) is 4.88 Å². The van der Waals surface area contributed by atoms with Crippen LogP contribution in [0, 0.1) is 0 Å². The number of nitrogens with two attached hydrogens (primary N) is 1. The molecule has 0 radical (unpaired) electrons. The van der Waals surface area contributed by atoms with Crippen LogP contribution < -0.4 is 5.73 Å². The molecule has 0 spiro atoms. The predicted molar refractivity (Wildman–Crippen MR) is 68.8 cm³/mol. The van der Waals surface area contributed by atoms with Crippen LogP contribution >= 0.6 is 27.3 Å².